The molecule has 0 amide bonds. The number of likely N-dealkylation sites (N-methyl/N-ethyl adjacent to an activating group) is 1. The van der Waals surface area contributed by atoms with Crippen LogP contribution in [0, 0.1) is 13.8 Å². The fourth-order valence-corrected chi connectivity index (χ4v) is 2.24. The minimum Gasteiger partial charge on any atom is -0.492 e. The van der Waals surface area contributed by atoms with Gasteiger partial charge in [0.05, 0.1) is 6.54 Å². The molecule has 0 unspecified atom stereocenters. The number of aliphatic imine (C=N–C) groups is 1. The summed E-state index contributed by atoms with van der Waals surface area (Å²) in [5, 5.41) is 11.5. The monoisotopic (exact) mass is 344 g/mol. The van der Waals surface area contributed by atoms with E-state index in [1.807, 2.05) is 49.9 Å². The van der Waals surface area contributed by atoms with Crippen molar-refractivity contribution < 1.29 is 4.74 Å². The SMILES string of the molecule is CCNC(=NCc1nnc(C)n1C)N(C)CCOc1ccc(C)cc1. The van der Waals surface area contributed by atoms with E-state index in [1.165, 1.54) is 5.56 Å². The van der Waals surface area contributed by atoms with Gasteiger partial charge < -0.3 is 19.5 Å². The lowest BCUT2D eigenvalue weighted by Gasteiger charge is -2.22. The summed E-state index contributed by atoms with van der Waals surface area (Å²) in [5.74, 6) is 3.44. The van der Waals surface area contributed by atoms with E-state index < -0.39 is 0 Å². The average Bonchev–Trinajstić information content (AvgIpc) is 2.92. The van der Waals surface area contributed by atoms with E-state index in [1.54, 1.807) is 0 Å². The molecule has 1 heterocycles. The van der Waals surface area contributed by atoms with Gasteiger partial charge in [0.1, 0.15) is 24.7 Å². The van der Waals surface area contributed by atoms with E-state index in [0.717, 1.165) is 36.4 Å². The Morgan fingerprint density at radius 2 is 1.96 bits per heavy atom. The number of aromatic nitrogens is 3. The van der Waals surface area contributed by atoms with Gasteiger partial charge in [-0.3, -0.25) is 0 Å². The molecule has 1 aromatic carbocycles. The van der Waals surface area contributed by atoms with Crippen molar-refractivity contribution in [3.05, 3.63) is 41.5 Å². The van der Waals surface area contributed by atoms with Crippen LogP contribution in [-0.4, -0.2) is 52.4 Å². The van der Waals surface area contributed by atoms with Gasteiger partial charge in [-0.05, 0) is 32.9 Å². The third-order valence-electron chi connectivity index (χ3n) is 3.97. The fraction of sp³-hybridized carbons (Fsp3) is 0.500. The molecule has 0 aliphatic heterocycles. The summed E-state index contributed by atoms with van der Waals surface area (Å²) in [6, 6.07) is 8.08. The predicted molar refractivity (Wildman–Crippen MR) is 99.9 cm³/mol. The molecule has 7 nitrogen and oxygen atoms in total. The fourth-order valence-electron chi connectivity index (χ4n) is 2.24. The Labute approximate surface area is 149 Å². The van der Waals surface area contributed by atoms with Crippen molar-refractivity contribution in [2.24, 2.45) is 12.0 Å². The van der Waals surface area contributed by atoms with Crippen LogP contribution in [0.5, 0.6) is 5.75 Å². The molecule has 136 valence electrons. The highest BCUT2D eigenvalue weighted by molar-refractivity contribution is 5.79. The van der Waals surface area contributed by atoms with Crippen LogP contribution in [-0.2, 0) is 13.6 Å². The minimum absolute atomic E-state index is 0.489. The number of guanidine groups is 1. The zero-order chi connectivity index (χ0) is 18.2. The molecule has 0 atom stereocenters. The highest BCUT2D eigenvalue weighted by Gasteiger charge is 2.08. The molecule has 25 heavy (non-hydrogen) atoms. The zero-order valence-corrected chi connectivity index (χ0v) is 15.8. The molecular formula is C18H28N6O. The van der Waals surface area contributed by atoms with E-state index in [2.05, 4.69) is 39.3 Å². The standard InChI is InChI=1S/C18H28N6O/c1-6-19-18(20-13-17-22-21-15(3)24(17)5)23(4)11-12-25-16-9-7-14(2)8-10-16/h7-10H,6,11-13H2,1-5H3,(H,19,20). The highest BCUT2D eigenvalue weighted by atomic mass is 16.5. The Kier molecular flexibility index (Phi) is 6.80. The largest absolute Gasteiger partial charge is 0.492 e. The topological polar surface area (TPSA) is 67.6 Å². The number of nitrogens with one attached hydrogen (secondary N) is 1. The third-order valence-corrected chi connectivity index (χ3v) is 3.97. The molecular weight excluding hydrogens is 316 g/mol. The van der Waals surface area contributed by atoms with Crippen LogP contribution in [0.15, 0.2) is 29.3 Å². The van der Waals surface area contributed by atoms with Crippen LogP contribution in [0.3, 0.4) is 0 Å². The Balaban J connectivity index is 1.90. The molecule has 0 aliphatic rings. The Morgan fingerprint density at radius 3 is 2.56 bits per heavy atom. The molecule has 1 aromatic heterocycles. The summed E-state index contributed by atoms with van der Waals surface area (Å²) >= 11 is 0. The Bertz CT molecular complexity index is 692. The summed E-state index contributed by atoms with van der Waals surface area (Å²) in [5.41, 5.74) is 1.23. The molecule has 0 aliphatic carbocycles. The molecule has 1 N–H and O–H groups in total. The second-order valence-corrected chi connectivity index (χ2v) is 5.98. The third kappa shape index (κ3) is 5.48. The molecule has 0 saturated heterocycles. The van der Waals surface area contributed by atoms with Gasteiger partial charge in [-0.2, -0.15) is 0 Å². The van der Waals surface area contributed by atoms with Crippen molar-refractivity contribution in [1.82, 2.24) is 25.0 Å². The van der Waals surface area contributed by atoms with Gasteiger partial charge in [-0.25, -0.2) is 4.99 Å². The van der Waals surface area contributed by atoms with Crippen molar-refractivity contribution in [3.63, 3.8) is 0 Å². The van der Waals surface area contributed by atoms with Gasteiger partial charge >= 0.3 is 0 Å². The number of hydrogen-bond acceptors (Lipinski definition) is 4. The van der Waals surface area contributed by atoms with Gasteiger partial charge in [0.2, 0.25) is 0 Å². The first kappa shape index (κ1) is 18.8. The Hall–Kier alpha value is -2.57. The van der Waals surface area contributed by atoms with Crippen LogP contribution < -0.4 is 10.1 Å². The van der Waals surface area contributed by atoms with Crippen LogP contribution in [0.4, 0.5) is 0 Å². The summed E-state index contributed by atoms with van der Waals surface area (Å²) in [6.07, 6.45) is 0. The first-order valence-electron chi connectivity index (χ1n) is 8.55. The van der Waals surface area contributed by atoms with E-state index >= 15 is 0 Å². The molecule has 0 radical (unpaired) electrons. The van der Waals surface area contributed by atoms with E-state index in [0.29, 0.717) is 13.2 Å². The van der Waals surface area contributed by atoms with Gasteiger partial charge in [-0.15, -0.1) is 10.2 Å². The maximum absolute atomic E-state index is 5.79. The smallest absolute Gasteiger partial charge is 0.194 e. The lowest BCUT2D eigenvalue weighted by Crippen LogP contribution is -2.40. The number of aryl methyl sites for hydroxylation is 2. The van der Waals surface area contributed by atoms with Crippen molar-refractivity contribution in [2.45, 2.75) is 27.3 Å². The van der Waals surface area contributed by atoms with Crippen LogP contribution in [0.1, 0.15) is 24.1 Å². The number of benzene rings is 1. The van der Waals surface area contributed by atoms with Crippen molar-refractivity contribution in [1.29, 1.82) is 0 Å². The maximum Gasteiger partial charge on any atom is 0.194 e. The van der Waals surface area contributed by atoms with Crippen molar-refractivity contribution >= 4 is 5.96 Å². The second-order valence-electron chi connectivity index (χ2n) is 5.98. The summed E-state index contributed by atoms with van der Waals surface area (Å²) in [6.45, 7) is 8.67. The van der Waals surface area contributed by atoms with Crippen LogP contribution >= 0.6 is 0 Å². The Morgan fingerprint density at radius 1 is 1.24 bits per heavy atom. The van der Waals surface area contributed by atoms with E-state index in [9.17, 15) is 0 Å². The number of rotatable bonds is 7. The predicted octanol–water partition coefficient (Wildman–Crippen LogP) is 1.91. The normalized spacial score (nSPS) is 11.5. The molecule has 0 spiro atoms. The molecule has 0 saturated carbocycles. The van der Waals surface area contributed by atoms with Gasteiger partial charge in [0, 0.05) is 20.6 Å². The van der Waals surface area contributed by atoms with Crippen LogP contribution in [0.25, 0.3) is 0 Å². The van der Waals surface area contributed by atoms with Gasteiger partial charge in [-0.1, -0.05) is 17.7 Å². The first-order valence-corrected chi connectivity index (χ1v) is 8.55. The molecule has 0 fully saturated rings. The van der Waals surface area contributed by atoms with Gasteiger partial charge in [0.15, 0.2) is 11.8 Å². The number of hydrogen-bond donors (Lipinski definition) is 1. The zero-order valence-electron chi connectivity index (χ0n) is 15.8. The average molecular weight is 344 g/mol. The van der Waals surface area contributed by atoms with Gasteiger partial charge in [0.25, 0.3) is 0 Å². The van der Waals surface area contributed by atoms with Crippen molar-refractivity contribution in [3.8, 4) is 5.75 Å². The maximum atomic E-state index is 5.79. The number of nitrogens with zero attached hydrogens (tertiary/aromatic N) is 5. The number of ether oxygens (including phenoxy) is 1. The summed E-state index contributed by atoms with van der Waals surface area (Å²) < 4.78 is 7.75. The van der Waals surface area contributed by atoms with Crippen LogP contribution in [0.2, 0.25) is 0 Å². The quantitative estimate of drug-likeness (QED) is 0.614. The molecule has 7 heteroatoms. The lowest BCUT2D eigenvalue weighted by atomic mass is 10.2. The lowest BCUT2D eigenvalue weighted by molar-refractivity contribution is 0.281. The second kappa shape index (κ2) is 9.05. The molecule has 0 bridgehead atoms. The minimum atomic E-state index is 0.489. The highest BCUT2D eigenvalue weighted by Crippen LogP contribution is 2.11. The molecule has 2 rings (SSSR count). The van der Waals surface area contributed by atoms with E-state index in [4.69, 9.17) is 4.74 Å². The van der Waals surface area contributed by atoms with E-state index in [-0.39, 0.29) is 0 Å². The summed E-state index contributed by atoms with van der Waals surface area (Å²) in [4.78, 5) is 6.70. The molecule has 2 aromatic rings. The van der Waals surface area contributed by atoms with Crippen molar-refractivity contribution in [2.75, 3.05) is 26.7 Å². The first-order chi connectivity index (χ1) is 12.0. The summed E-state index contributed by atoms with van der Waals surface area (Å²) in [7, 11) is 3.95.